The average molecular weight is 370 g/mol. The lowest BCUT2D eigenvalue weighted by Gasteiger charge is -2.13. The summed E-state index contributed by atoms with van der Waals surface area (Å²) in [6.07, 6.45) is 2.00. The number of hydrazone groups is 1. The third-order valence-corrected chi connectivity index (χ3v) is 5.20. The van der Waals surface area contributed by atoms with Crippen molar-refractivity contribution in [3.63, 3.8) is 0 Å². The van der Waals surface area contributed by atoms with E-state index in [0.29, 0.717) is 16.3 Å². The summed E-state index contributed by atoms with van der Waals surface area (Å²) >= 11 is 7.61. The van der Waals surface area contributed by atoms with Crippen molar-refractivity contribution >= 4 is 40.7 Å². The van der Waals surface area contributed by atoms with Crippen molar-refractivity contribution in [2.75, 3.05) is 24.4 Å². The highest BCUT2D eigenvalue weighted by Crippen LogP contribution is 2.35. The SMILES string of the molecule is CS/C(=C1/C(=O)N(c2ccccc2)N=C1c1ccc(Cl)cc1)N1CC1. The molecular weight excluding hydrogens is 354 g/mol. The molecule has 0 saturated carbocycles. The number of anilines is 1. The van der Waals surface area contributed by atoms with E-state index in [1.807, 2.05) is 60.9 Å². The number of carbonyl (C=O) groups is 1. The van der Waals surface area contributed by atoms with E-state index < -0.39 is 0 Å². The van der Waals surface area contributed by atoms with Crippen LogP contribution in [0.2, 0.25) is 5.02 Å². The Morgan fingerprint density at radius 2 is 1.76 bits per heavy atom. The number of hydrogen-bond acceptors (Lipinski definition) is 4. The summed E-state index contributed by atoms with van der Waals surface area (Å²) in [6.45, 7) is 1.96. The fraction of sp³-hybridized carbons (Fsp3) is 0.158. The topological polar surface area (TPSA) is 35.7 Å². The molecule has 0 N–H and O–H groups in total. The number of amides is 1. The Morgan fingerprint density at radius 1 is 1.08 bits per heavy atom. The van der Waals surface area contributed by atoms with Crippen molar-refractivity contribution in [2.45, 2.75) is 0 Å². The molecule has 4 rings (SSSR count). The van der Waals surface area contributed by atoms with E-state index in [1.165, 1.54) is 5.01 Å². The highest BCUT2D eigenvalue weighted by atomic mass is 35.5. The average Bonchev–Trinajstić information content (AvgIpc) is 3.42. The molecule has 2 aromatic rings. The van der Waals surface area contributed by atoms with Gasteiger partial charge < -0.3 is 4.90 Å². The number of benzene rings is 2. The lowest BCUT2D eigenvalue weighted by Crippen LogP contribution is -2.23. The zero-order valence-corrected chi connectivity index (χ0v) is 15.2. The van der Waals surface area contributed by atoms with Gasteiger partial charge in [0.05, 0.1) is 16.3 Å². The molecule has 2 aliphatic heterocycles. The summed E-state index contributed by atoms with van der Waals surface area (Å²) in [6, 6.07) is 17.0. The van der Waals surface area contributed by atoms with Crippen LogP contribution in [-0.2, 0) is 4.79 Å². The van der Waals surface area contributed by atoms with E-state index in [1.54, 1.807) is 11.8 Å². The normalized spacial score (nSPS) is 18.5. The minimum atomic E-state index is -0.0904. The summed E-state index contributed by atoms with van der Waals surface area (Å²) in [5.74, 6) is -0.0904. The Bertz CT molecular complexity index is 873. The summed E-state index contributed by atoms with van der Waals surface area (Å²) in [4.78, 5) is 15.4. The van der Waals surface area contributed by atoms with Crippen LogP contribution >= 0.6 is 23.4 Å². The van der Waals surface area contributed by atoms with Gasteiger partial charge in [0, 0.05) is 23.7 Å². The van der Waals surface area contributed by atoms with Gasteiger partial charge in [0.2, 0.25) is 0 Å². The number of carbonyl (C=O) groups excluding carboxylic acids is 1. The fourth-order valence-corrected chi connectivity index (χ4v) is 3.75. The maximum absolute atomic E-state index is 13.2. The van der Waals surface area contributed by atoms with Crippen molar-refractivity contribution in [3.8, 4) is 0 Å². The molecule has 0 aromatic heterocycles. The molecule has 6 heteroatoms. The number of hydrogen-bond donors (Lipinski definition) is 0. The largest absolute Gasteiger partial charge is 0.362 e. The third-order valence-electron chi connectivity index (χ3n) is 4.10. The molecule has 2 aromatic carbocycles. The van der Waals surface area contributed by atoms with Crippen LogP contribution in [0.1, 0.15) is 5.56 Å². The van der Waals surface area contributed by atoms with Crippen LogP contribution in [0.4, 0.5) is 5.69 Å². The number of nitrogens with zero attached hydrogens (tertiary/aromatic N) is 3. The number of para-hydroxylation sites is 1. The molecule has 0 atom stereocenters. The van der Waals surface area contributed by atoms with Gasteiger partial charge in [-0.3, -0.25) is 4.79 Å². The zero-order valence-electron chi connectivity index (χ0n) is 13.6. The number of thioether (sulfide) groups is 1. The molecule has 0 radical (unpaired) electrons. The highest BCUT2D eigenvalue weighted by molar-refractivity contribution is 8.02. The second-order valence-corrected chi connectivity index (χ2v) is 7.01. The molecule has 0 bridgehead atoms. The minimum absolute atomic E-state index is 0.0904. The minimum Gasteiger partial charge on any atom is -0.362 e. The standard InChI is InChI=1S/C19H16ClN3OS/c1-25-19(22-11-12-22)16-17(13-7-9-14(20)10-8-13)21-23(18(16)24)15-5-3-2-4-6-15/h2-10H,11-12H2,1H3/b19-16+. The van der Waals surface area contributed by atoms with Crippen molar-refractivity contribution in [3.05, 3.63) is 75.8 Å². The molecule has 1 amide bonds. The first-order valence-corrected chi connectivity index (χ1v) is 9.57. The van der Waals surface area contributed by atoms with Gasteiger partial charge in [-0.2, -0.15) is 10.1 Å². The van der Waals surface area contributed by atoms with Crippen LogP contribution in [0.25, 0.3) is 0 Å². The quantitative estimate of drug-likeness (QED) is 0.604. The van der Waals surface area contributed by atoms with E-state index in [-0.39, 0.29) is 5.91 Å². The van der Waals surface area contributed by atoms with Gasteiger partial charge in [-0.05, 0) is 30.5 Å². The second-order valence-electron chi connectivity index (χ2n) is 5.78. The summed E-state index contributed by atoms with van der Waals surface area (Å²) in [5, 5.41) is 7.79. The molecule has 25 heavy (non-hydrogen) atoms. The molecular formula is C19H16ClN3OS. The summed E-state index contributed by atoms with van der Waals surface area (Å²) in [7, 11) is 0. The van der Waals surface area contributed by atoms with Crippen molar-refractivity contribution < 1.29 is 4.79 Å². The van der Waals surface area contributed by atoms with Crippen molar-refractivity contribution in [2.24, 2.45) is 5.10 Å². The second kappa shape index (κ2) is 6.58. The van der Waals surface area contributed by atoms with Gasteiger partial charge in [0.15, 0.2) is 0 Å². The van der Waals surface area contributed by atoms with E-state index in [0.717, 1.165) is 29.4 Å². The van der Waals surface area contributed by atoms with E-state index in [4.69, 9.17) is 11.6 Å². The molecule has 2 heterocycles. The molecule has 126 valence electrons. The number of halogens is 1. The van der Waals surface area contributed by atoms with Gasteiger partial charge >= 0.3 is 0 Å². The van der Waals surface area contributed by atoms with Crippen LogP contribution in [-0.4, -0.2) is 35.9 Å². The Hall–Kier alpha value is -2.24. The van der Waals surface area contributed by atoms with Crippen molar-refractivity contribution in [1.82, 2.24) is 4.90 Å². The monoisotopic (exact) mass is 369 g/mol. The maximum Gasteiger partial charge on any atom is 0.283 e. The van der Waals surface area contributed by atoms with E-state index in [2.05, 4.69) is 10.0 Å². The maximum atomic E-state index is 13.2. The van der Waals surface area contributed by atoms with E-state index >= 15 is 0 Å². The summed E-state index contributed by atoms with van der Waals surface area (Å²) in [5.41, 5.74) is 3.01. The van der Waals surface area contributed by atoms with Crippen LogP contribution in [0, 0.1) is 0 Å². The van der Waals surface area contributed by atoms with Gasteiger partial charge in [0.25, 0.3) is 5.91 Å². The molecule has 1 saturated heterocycles. The predicted octanol–water partition coefficient (Wildman–Crippen LogP) is 3.98. The first-order valence-electron chi connectivity index (χ1n) is 7.96. The van der Waals surface area contributed by atoms with Crippen LogP contribution in [0.3, 0.4) is 0 Å². The lowest BCUT2D eigenvalue weighted by molar-refractivity contribution is -0.114. The Labute approximate surface area is 155 Å². The lowest BCUT2D eigenvalue weighted by atomic mass is 10.0. The zero-order chi connectivity index (χ0) is 17.4. The molecule has 1 fully saturated rings. The molecule has 0 unspecified atom stereocenters. The first kappa shape index (κ1) is 16.2. The van der Waals surface area contributed by atoms with Crippen molar-refractivity contribution in [1.29, 1.82) is 0 Å². The van der Waals surface area contributed by atoms with Crippen LogP contribution in [0.5, 0.6) is 0 Å². The third kappa shape index (κ3) is 3.05. The Balaban J connectivity index is 1.86. The van der Waals surface area contributed by atoms with Gasteiger partial charge in [-0.1, -0.05) is 41.9 Å². The van der Waals surface area contributed by atoms with Crippen LogP contribution in [0.15, 0.2) is 70.3 Å². The highest BCUT2D eigenvalue weighted by Gasteiger charge is 2.37. The van der Waals surface area contributed by atoms with Gasteiger partial charge in [-0.15, -0.1) is 11.8 Å². The molecule has 0 aliphatic carbocycles. The molecule has 2 aliphatic rings. The van der Waals surface area contributed by atoms with Gasteiger partial charge in [0.1, 0.15) is 5.71 Å². The summed E-state index contributed by atoms with van der Waals surface area (Å²) < 4.78 is 0. The predicted molar refractivity (Wildman–Crippen MR) is 104 cm³/mol. The molecule has 0 spiro atoms. The Kier molecular flexibility index (Phi) is 4.27. The fourth-order valence-electron chi connectivity index (χ4n) is 2.79. The van der Waals surface area contributed by atoms with Gasteiger partial charge in [-0.25, -0.2) is 0 Å². The van der Waals surface area contributed by atoms with E-state index in [9.17, 15) is 4.79 Å². The van der Waals surface area contributed by atoms with Crippen LogP contribution < -0.4 is 5.01 Å². The number of rotatable bonds is 4. The Morgan fingerprint density at radius 3 is 2.36 bits per heavy atom. The first-order chi connectivity index (χ1) is 12.2. The smallest absolute Gasteiger partial charge is 0.283 e. The molecule has 4 nitrogen and oxygen atoms in total.